The highest BCUT2D eigenvalue weighted by atomic mass is 16.5. The molecule has 0 saturated carbocycles. The summed E-state index contributed by atoms with van der Waals surface area (Å²) in [6, 6.07) is 124. The minimum absolute atomic E-state index is 0.200. The maximum Gasteiger partial charge on any atom is 0.129 e. The number of nitrogens with zero attached hydrogens (tertiary/aromatic N) is 4. The molecule has 0 atom stereocenters. The van der Waals surface area contributed by atoms with Crippen molar-refractivity contribution >= 4 is 68.2 Å². The highest BCUT2D eigenvalue weighted by Crippen LogP contribution is 2.43. The van der Waals surface area contributed by atoms with Gasteiger partial charge in [-0.1, -0.05) is 184 Å². The summed E-state index contributed by atoms with van der Waals surface area (Å²) in [6.45, 7) is 7.00. The molecule has 1 aliphatic heterocycles. The van der Waals surface area contributed by atoms with Gasteiger partial charge >= 0.3 is 0 Å². The van der Waals surface area contributed by atoms with E-state index in [1.54, 1.807) is 24.3 Å². The molecule has 0 amide bonds. The number of benzene rings is 14. The number of aromatic hydroxyl groups is 2. The Kier molecular flexibility index (Phi) is 24.6. The second-order valence-electron chi connectivity index (χ2n) is 23.8. The zero-order valence-electron chi connectivity index (χ0n) is 57.8. The van der Waals surface area contributed by atoms with Crippen LogP contribution in [0.5, 0.6) is 46.0 Å². The molecule has 14 aromatic rings. The van der Waals surface area contributed by atoms with Gasteiger partial charge in [0, 0.05) is 118 Å². The van der Waals surface area contributed by atoms with Gasteiger partial charge in [-0.05, 0) is 194 Å². The molecule has 11 heteroatoms. The van der Waals surface area contributed by atoms with E-state index in [0.29, 0.717) is 24.7 Å². The summed E-state index contributed by atoms with van der Waals surface area (Å²) >= 11 is 0. The Morgan fingerprint density at radius 1 is 0.243 bits per heavy atom. The van der Waals surface area contributed by atoms with Crippen molar-refractivity contribution in [1.29, 1.82) is 0 Å². The zero-order chi connectivity index (χ0) is 70.6. The summed E-state index contributed by atoms with van der Waals surface area (Å²) in [6.07, 6.45) is 2.56. The molecular formula is C92H82N4O7. The molecule has 1 heterocycles. The normalized spacial score (nSPS) is 11.2. The van der Waals surface area contributed by atoms with Crippen molar-refractivity contribution in [3.63, 3.8) is 0 Å². The molecule has 15 rings (SSSR count). The van der Waals surface area contributed by atoms with Crippen LogP contribution in [0.1, 0.15) is 37.8 Å². The highest BCUT2D eigenvalue weighted by Gasteiger charge is 2.19. The number of hydrogen-bond donors (Lipinski definition) is 2. The lowest BCUT2D eigenvalue weighted by Gasteiger charge is -2.26. The van der Waals surface area contributed by atoms with E-state index >= 15 is 0 Å². The Morgan fingerprint density at radius 2 is 0.485 bits per heavy atom. The zero-order valence-corrected chi connectivity index (χ0v) is 57.8. The molecule has 0 aromatic heterocycles. The van der Waals surface area contributed by atoms with Crippen LogP contribution in [0.2, 0.25) is 0 Å². The Bertz CT molecular complexity index is 4840. The van der Waals surface area contributed by atoms with Gasteiger partial charge in [0.05, 0.1) is 0 Å². The van der Waals surface area contributed by atoms with E-state index in [1.165, 1.54) is 12.8 Å². The van der Waals surface area contributed by atoms with E-state index in [4.69, 9.17) is 23.7 Å². The maximum atomic E-state index is 10.2. The van der Waals surface area contributed by atoms with Crippen LogP contribution in [0.4, 0.5) is 68.2 Å². The van der Waals surface area contributed by atoms with Crippen molar-refractivity contribution < 1.29 is 33.9 Å². The molecule has 0 spiro atoms. The lowest BCUT2D eigenvalue weighted by atomic mass is 10.1. The number of phenols is 2. The molecular weight excluding hydrogens is 1270 g/mol. The van der Waals surface area contributed by atoms with Gasteiger partial charge in [-0.3, -0.25) is 0 Å². The number of ether oxygens (including phenoxy) is 5. The molecule has 0 unspecified atom stereocenters. The molecule has 0 aliphatic carbocycles. The van der Waals surface area contributed by atoms with Gasteiger partial charge in [-0.25, -0.2) is 0 Å². The highest BCUT2D eigenvalue weighted by molar-refractivity contribution is 5.81. The predicted molar refractivity (Wildman–Crippen MR) is 421 cm³/mol. The second-order valence-corrected chi connectivity index (χ2v) is 23.8. The van der Waals surface area contributed by atoms with Gasteiger partial charge in [0.15, 0.2) is 0 Å². The molecule has 1 aliphatic rings. The molecule has 11 nitrogen and oxygen atoms in total. The first-order valence-electron chi connectivity index (χ1n) is 34.8. The summed E-state index contributed by atoms with van der Waals surface area (Å²) in [5.74, 6) is 4.85. The Hall–Kier alpha value is -13.0. The van der Waals surface area contributed by atoms with E-state index in [9.17, 15) is 10.2 Å². The average molecular weight is 1360 g/mol. The first-order chi connectivity index (χ1) is 50.9. The molecule has 1 saturated heterocycles. The molecule has 2 N–H and O–H groups in total. The largest absolute Gasteiger partial charge is 0.508 e. The van der Waals surface area contributed by atoms with Crippen LogP contribution >= 0.6 is 0 Å². The minimum Gasteiger partial charge on any atom is -0.508 e. The molecule has 1 fully saturated rings. The Morgan fingerprint density at radius 3 is 0.777 bits per heavy atom. The summed E-state index contributed by atoms with van der Waals surface area (Å²) in [7, 11) is 0. The van der Waals surface area contributed by atoms with E-state index in [0.717, 1.165) is 116 Å². The molecule has 0 radical (unpaired) electrons. The lowest BCUT2D eigenvalue weighted by molar-refractivity contribution is 0.198. The van der Waals surface area contributed by atoms with Crippen LogP contribution < -0.4 is 38.5 Å². The summed E-state index contributed by atoms with van der Waals surface area (Å²) in [4.78, 5) is 8.58. The van der Waals surface area contributed by atoms with Crippen LogP contribution in [0.3, 0.4) is 0 Å². The number of phenolic OH excluding ortho intramolecular Hbond substituents is 2. The van der Waals surface area contributed by atoms with Crippen molar-refractivity contribution in [2.75, 3.05) is 32.8 Å². The van der Waals surface area contributed by atoms with E-state index in [-0.39, 0.29) is 11.5 Å². The lowest BCUT2D eigenvalue weighted by Crippen LogP contribution is -2.10. The van der Waals surface area contributed by atoms with Crippen molar-refractivity contribution in [2.45, 2.75) is 39.9 Å². The third-order valence-electron chi connectivity index (χ3n) is 16.5. The molecule has 512 valence electrons. The van der Waals surface area contributed by atoms with Crippen LogP contribution in [0, 0.1) is 0 Å². The summed E-state index contributed by atoms with van der Waals surface area (Å²) in [5.41, 5.74) is 13.7. The second kappa shape index (κ2) is 36.2. The van der Waals surface area contributed by atoms with Gasteiger partial charge < -0.3 is 53.5 Å². The standard InChI is InChI=1S/C50H40N2O3.C36H28N2O3.C4H8O.C2H6/c1-5-16-39(17-6-1)37-53-48-27-13-24-44(34-48)51(41-20-9-3-10-21-41)43-30-32-47(33-31-43)55-50-29-15-26-46(36-50)52(42-22-11-4-12-23-42)45-25-14-28-49(35-45)54-38-40-18-7-2-8-19-40;39-33-17-7-14-30(24-33)37(27-10-3-1-4-11-27)29-20-22-35(23-21-29)41-36-19-9-16-32(26-36)38(28-12-5-2-6-13-28)31-15-8-18-34(40)25-31;1-2-4-5-3-1;1-2/h1-36H,37-38H2;1-26,39-40H;1-4H2;1-2H3. The fourth-order valence-electron chi connectivity index (χ4n) is 11.7. The van der Waals surface area contributed by atoms with Gasteiger partial charge in [-0.2, -0.15) is 0 Å². The average Bonchev–Trinajstić information content (AvgIpc) is 0.912. The van der Waals surface area contributed by atoms with Gasteiger partial charge in [0.25, 0.3) is 0 Å². The fraction of sp³-hybridized carbons (Fsp3) is 0.0870. The summed E-state index contributed by atoms with van der Waals surface area (Å²) in [5, 5.41) is 20.3. The minimum atomic E-state index is 0.200. The van der Waals surface area contributed by atoms with Crippen LogP contribution in [0.25, 0.3) is 0 Å². The topological polar surface area (TPSA) is 99.6 Å². The van der Waals surface area contributed by atoms with Crippen LogP contribution in [-0.4, -0.2) is 23.4 Å². The van der Waals surface area contributed by atoms with Gasteiger partial charge in [0.2, 0.25) is 0 Å². The third-order valence-corrected chi connectivity index (χ3v) is 16.5. The molecule has 103 heavy (non-hydrogen) atoms. The summed E-state index contributed by atoms with van der Waals surface area (Å²) < 4.78 is 30.2. The molecule has 14 aromatic carbocycles. The van der Waals surface area contributed by atoms with Gasteiger partial charge in [-0.15, -0.1) is 0 Å². The van der Waals surface area contributed by atoms with Gasteiger partial charge in [0.1, 0.15) is 59.2 Å². The third kappa shape index (κ3) is 19.5. The quantitative estimate of drug-likeness (QED) is 0.0679. The van der Waals surface area contributed by atoms with Crippen LogP contribution in [-0.2, 0) is 18.0 Å². The monoisotopic (exact) mass is 1350 g/mol. The van der Waals surface area contributed by atoms with E-state index in [1.807, 2.05) is 257 Å². The first kappa shape index (κ1) is 69.9. The number of hydrogen-bond acceptors (Lipinski definition) is 11. The number of rotatable bonds is 22. The first-order valence-corrected chi connectivity index (χ1v) is 34.8. The van der Waals surface area contributed by atoms with Crippen molar-refractivity contribution in [1.82, 2.24) is 0 Å². The number of para-hydroxylation sites is 4. The number of anilines is 12. The SMILES string of the molecule is C1CCOC1.CC.Oc1cccc(N(c2ccccc2)c2ccc(Oc3cccc(N(c4ccccc4)c4cccc(O)c4)c3)cc2)c1.c1ccc(COc2cccc(N(c3ccccc3)c3ccc(Oc4cccc(N(c5ccccc5)c5cccc(OCc6ccccc6)c5)c4)cc3)c2)cc1. The van der Waals surface area contributed by atoms with Crippen LogP contribution in [0.15, 0.2) is 376 Å². The van der Waals surface area contributed by atoms with Crippen molar-refractivity contribution in [3.05, 3.63) is 387 Å². The van der Waals surface area contributed by atoms with Crippen molar-refractivity contribution in [2.24, 2.45) is 0 Å². The Labute approximate surface area is 604 Å². The smallest absolute Gasteiger partial charge is 0.129 e. The predicted octanol–water partition coefficient (Wildman–Crippen LogP) is 25.2. The fourth-order valence-corrected chi connectivity index (χ4v) is 11.7. The van der Waals surface area contributed by atoms with E-state index in [2.05, 4.69) is 129 Å². The van der Waals surface area contributed by atoms with Crippen molar-refractivity contribution in [3.8, 4) is 46.0 Å². The Balaban J connectivity index is 0.000000184. The molecule has 0 bridgehead atoms. The maximum absolute atomic E-state index is 10.2. The van der Waals surface area contributed by atoms with E-state index < -0.39 is 0 Å².